The Balaban J connectivity index is 1.60. The summed E-state index contributed by atoms with van der Waals surface area (Å²) in [6.45, 7) is 2.28. The minimum atomic E-state index is -0.192. The second kappa shape index (κ2) is 5.32. The molecule has 0 unspecified atom stereocenters. The maximum Gasteiger partial charge on any atom is 0.256 e. The SMILES string of the molecule is C[C@H]1CCc2c(sc3c2C(=O)N[C@H](/C=C/c2ccco2)N3)C1. The minimum absolute atomic E-state index is 0.0369. The second-order valence-electron chi connectivity index (χ2n) is 6.03. The first-order valence-electron chi connectivity index (χ1n) is 7.64. The number of carbonyl (C=O) groups excluding carboxylic acids is 1. The average Bonchev–Trinajstić information content (AvgIpc) is 3.11. The van der Waals surface area contributed by atoms with Gasteiger partial charge in [0.1, 0.15) is 16.9 Å². The fourth-order valence-electron chi connectivity index (χ4n) is 3.16. The van der Waals surface area contributed by atoms with Crippen molar-refractivity contribution in [2.24, 2.45) is 5.92 Å². The van der Waals surface area contributed by atoms with Gasteiger partial charge in [0.05, 0.1) is 11.8 Å². The van der Waals surface area contributed by atoms with Crippen LogP contribution < -0.4 is 10.6 Å². The molecule has 2 N–H and O–H groups in total. The maximum atomic E-state index is 12.5. The molecule has 4 rings (SSSR count). The van der Waals surface area contributed by atoms with Crippen LogP contribution in [0.2, 0.25) is 0 Å². The summed E-state index contributed by atoms with van der Waals surface area (Å²) in [5.41, 5.74) is 2.13. The lowest BCUT2D eigenvalue weighted by atomic mass is 9.88. The highest BCUT2D eigenvalue weighted by molar-refractivity contribution is 7.16. The van der Waals surface area contributed by atoms with Gasteiger partial charge in [-0.25, -0.2) is 0 Å². The number of hydrogen-bond acceptors (Lipinski definition) is 4. The summed E-state index contributed by atoms with van der Waals surface area (Å²) in [5, 5.41) is 7.44. The number of hydrogen-bond donors (Lipinski definition) is 2. The van der Waals surface area contributed by atoms with Crippen molar-refractivity contribution < 1.29 is 9.21 Å². The molecule has 2 aromatic heterocycles. The predicted octanol–water partition coefficient (Wildman–Crippen LogP) is 3.66. The molecule has 1 aliphatic heterocycles. The Morgan fingerprint density at radius 2 is 2.32 bits per heavy atom. The summed E-state index contributed by atoms with van der Waals surface area (Å²) in [6, 6.07) is 3.73. The molecule has 0 aromatic carbocycles. The highest BCUT2D eigenvalue weighted by Crippen LogP contribution is 2.41. The number of fused-ring (bicyclic) bond motifs is 3. The molecular weight excluding hydrogens is 296 g/mol. The van der Waals surface area contributed by atoms with Crippen molar-refractivity contribution >= 4 is 28.3 Å². The van der Waals surface area contributed by atoms with Crippen molar-refractivity contribution in [1.29, 1.82) is 0 Å². The van der Waals surface area contributed by atoms with E-state index in [1.165, 1.54) is 16.9 Å². The number of furan rings is 1. The molecule has 0 bridgehead atoms. The molecule has 0 spiro atoms. The summed E-state index contributed by atoms with van der Waals surface area (Å²) in [5.74, 6) is 1.53. The molecule has 1 aliphatic carbocycles. The monoisotopic (exact) mass is 314 g/mol. The van der Waals surface area contributed by atoms with Gasteiger partial charge in [0.25, 0.3) is 5.91 Å². The molecule has 2 aliphatic rings. The Morgan fingerprint density at radius 3 is 3.14 bits per heavy atom. The quantitative estimate of drug-likeness (QED) is 0.889. The molecule has 3 heterocycles. The van der Waals surface area contributed by atoms with Crippen LogP contribution in [0, 0.1) is 5.92 Å². The average molecular weight is 314 g/mol. The van der Waals surface area contributed by atoms with Gasteiger partial charge >= 0.3 is 0 Å². The third-order valence-electron chi connectivity index (χ3n) is 4.31. The topological polar surface area (TPSA) is 54.3 Å². The zero-order valence-corrected chi connectivity index (χ0v) is 13.2. The smallest absolute Gasteiger partial charge is 0.256 e. The van der Waals surface area contributed by atoms with E-state index in [2.05, 4.69) is 17.6 Å². The van der Waals surface area contributed by atoms with Crippen molar-refractivity contribution in [3.05, 3.63) is 46.2 Å². The fourth-order valence-corrected chi connectivity index (χ4v) is 4.60. The Morgan fingerprint density at radius 1 is 1.41 bits per heavy atom. The zero-order chi connectivity index (χ0) is 15.1. The van der Waals surface area contributed by atoms with Crippen LogP contribution in [0.4, 0.5) is 5.00 Å². The van der Waals surface area contributed by atoms with E-state index in [4.69, 9.17) is 4.42 Å². The minimum Gasteiger partial charge on any atom is -0.465 e. The van der Waals surface area contributed by atoms with Gasteiger partial charge in [-0.3, -0.25) is 4.79 Å². The van der Waals surface area contributed by atoms with Gasteiger partial charge in [-0.05, 0) is 55.0 Å². The summed E-state index contributed by atoms with van der Waals surface area (Å²) < 4.78 is 5.27. The fraction of sp³-hybridized carbons (Fsp3) is 0.353. The molecule has 22 heavy (non-hydrogen) atoms. The van der Waals surface area contributed by atoms with E-state index in [1.807, 2.05) is 24.3 Å². The van der Waals surface area contributed by atoms with Crippen LogP contribution in [0.15, 0.2) is 28.9 Å². The van der Waals surface area contributed by atoms with Gasteiger partial charge in [-0.15, -0.1) is 11.3 Å². The van der Waals surface area contributed by atoms with Gasteiger partial charge in [-0.2, -0.15) is 0 Å². The highest BCUT2D eigenvalue weighted by Gasteiger charge is 2.31. The number of carbonyl (C=O) groups is 1. The van der Waals surface area contributed by atoms with Crippen LogP contribution in [-0.4, -0.2) is 12.1 Å². The van der Waals surface area contributed by atoms with E-state index in [0.717, 1.165) is 29.2 Å². The molecule has 2 atom stereocenters. The third-order valence-corrected chi connectivity index (χ3v) is 5.49. The molecule has 0 radical (unpaired) electrons. The van der Waals surface area contributed by atoms with E-state index in [9.17, 15) is 4.79 Å². The molecule has 4 nitrogen and oxygen atoms in total. The first-order valence-corrected chi connectivity index (χ1v) is 8.46. The summed E-state index contributed by atoms with van der Waals surface area (Å²) >= 11 is 1.74. The molecule has 1 amide bonds. The van der Waals surface area contributed by atoms with Crippen LogP contribution in [-0.2, 0) is 12.8 Å². The number of anilines is 1. The molecule has 2 aromatic rings. The van der Waals surface area contributed by atoms with Crippen LogP contribution in [0.5, 0.6) is 0 Å². The Labute approximate surface area is 133 Å². The highest BCUT2D eigenvalue weighted by atomic mass is 32.1. The van der Waals surface area contributed by atoms with Crippen molar-refractivity contribution in [3.8, 4) is 0 Å². The maximum absolute atomic E-state index is 12.5. The number of thiophene rings is 1. The van der Waals surface area contributed by atoms with E-state index in [1.54, 1.807) is 17.6 Å². The molecule has 0 saturated heterocycles. The van der Waals surface area contributed by atoms with Crippen molar-refractivity contribution in [2.75, 3.05) is 5.32 Å². The Bertz CT molecular complexity index is 730. The molecule has 5 heteroatoms. The molecular formula is C17H18N2O2S. The summed E-state index contributed by atoms with van der Waals surface area (Å²) in [6.07, 6.45) is 8.52. The van der Waals surface area contributed by atoms with Gasteiger partial charge < -0.3 is 15.1 Å². The van der Waals surface area contributed by atoms with E-state index >= 15 is 0 Å². The normalized spacial score (nSPS) is 23.8. The lowest BCUT2D eigenvalue weighted by Crippen LogP contribution is -2.43. The molecule has 0 fully saturated rings. The van der Waals surface area contributed by atoms with Gasteiger partial charge in [0.15, 0.2) is 0 Å². The second-order valence-corrected chi connectivity index (χ2v) is 7.13. The van der Waals surface area contributed by atoms with E-state index < -0.39 is 0 Å². The Hall–Kier alpha value is -2.01. The molecule has 114 valence electrons. The summed E-state index contributed by atoms with van der Waals surface area (Å²) in [7, 11) is 0. The standard InChI is InChI=1S/C17H18N2O2S/c1-10-4-6-12-13(9-10)22-17-15(12)16(20)18-14(19-17)7-5-11-3-2-8-21-11/h2-3,5,7-8,10,14,19H,4,6,9H2,1H3,(H,18,20)/b7-5+/t10-,14-/m0/s1. The zero-order valence-electron chi connectivity index (χ0n) is 12.4. The van der Waals surface area contributed by atoms with E-state index in [-0.39, 0.29) is 12.1 Å². The van der Waals surface area contributed by atoms with Crippen molar-refractivity contribution in [2.45, 2.75) is 32.4 Å². The lowest BCUT2D eigenvalue weighted by Gasteiger charge is -2.24. The van der Waals surface area contributed by atoms with Crippen LogP contribution in [0.25, 0.3) is 6.08 Å². The first kappa shape index (κ1) is 13.6. The lowest BCUT2D eigenvalue weighted by molar-refractivity contribution is 0.0942. The predicted molar refractivity (Wildman–Crippen MR) is 88.1 cm³/mol. The third kappa shape index (κ3) is 2.35. The Kier molecular flexibility index (Phi) is 3.30. The number of nitrogens with one attached hydrogen (secondary N) is 2. The van der Waals surface area contributed by atoms with E-state index in [0.29, 0.717) is 5.92 Å². The van der Waals surface area contributed by atoms with Crippen LogP contribution in [0.1, 0.15) is 39.9 Å². The van der Waals surface area contributed by atoms with Crippen molar-refractivity contribution in [1.82, 2.24) is 5.32 Å². The molecule has 0 saturated carbocycles. The number of rotatable bonds is 2. The van der Waals surface area contributed by atoms with Crippen LogP contribution >= 0.6 is 11.3 Å². The first-order chi connectivity index (χ1) is 10.7. The largest absolute Gasteiger partial charge is 0.465 e. The van der Waals surface area contributed by atoms with Gasteiger partial charge in [-0.1, -0.05) is 6.92 Å². The summed E-state index contributed by atoms with van der Waals surface area (Å²) in [4.78, 5) is 13.8. The van der Waals surface area contributed by atoms with Gasteiger partial charge in [0.2, 0.25) is 0 Å². The van der Waals surface area contributed by atoms with Crippen molar-refractivity contribution in [3.63, 3.8) is 0 Å². The van der Waals surface area contributed by atoms with Crippen LogP contribution in [0.3, 0.4) is 0 Å². The van der Waals surface area contributed by atoms with Gasteiger partial charge in [0, 0.05) is 4.88 Å². The number of amides is 1.